The van der Waals surface area contributed by atoms with Gasteiger partial charge in [0.1, 0.15) is 12.3 Å². The Kier molecular flexibility index (Phi) is 2.73. The highest BCUT2D eigenvalue weighted by atomic mass is 19.1. The van der Waals surface area contributed by atoms with Crippen molar-refractivity contribution in [3.8, 4) is 0 Å². The van der Waals surface area contributed by atoms with Gasteiger partial charge >= 0.3 is 5.97 Å². The van der Waals surface area contributed by atoms with E-state index in [1.807, 2.05) is 13.8 Å². The summed E-state index contributed by atoms with van der Waals surface area (Å²) < 4.78 is 18.7. The standard InChI is InChI=1S/C12H19FO2/c1-3-12(2)7-8-6-9(13)4-5-10(8)15-11(12)14/h8-10H,3-7H2,1-2H3. The van der Waals surface area contributed by atoms with Crippen molar-refractivity contribution < 1.29 is 13.9 Å². The van der Waals surface area contributed by atoms with Gasteiger partial charge in [-0.1, -0.05) is 6.92 Å². The van der Waals surface area contributed by atoms with Crippen LogP contribution >= 0.6 is 0 Å². The molecular weight excluding hydrogens is 195 g/mol. The number of hydrogen-bond donors (Lipinski definition) is 0. The molecule has 2 rings (SSSR count). The van der Waals surface area contributed by atoms with E-state index in [9.17, 15) is 9.18 Å². The molecule has 1 aliphatic heterocycles. The van der Waals surface area contributed by atoms with Crippen molar-refractivity contribution in [1.29, 1.82) is 0 Å². The first-order valence-electron chi connectivity index (χ1n) is 5.90. The Morgan fingerprint density at radius 3 is 2.93 bits per heavy atom. The van der Waals surface area contributed by atoms with Gasteiger partial charge in [-0.05, 0) is 44.9 Å². The van der Waals surface area contributed by atoms with Gasteiger partial charge in [-0.3, -0.25) is 4.79 Å². The first-order chi connectivity index (χ1) is 7.05. The third-order valence-corrected chi connectivity index (χ3v) is 4.09. The first kappa shape index (κ1) is 10.9. The Labute approximate surface area is 90.2 Å². The lowest BCUT2D eigenvalue weighted by Crippen LogP contribution is -2.47. The Balaban J connectivity index is 2.10. The molecule has 3 heteroatoms. The molecule has 0 aromatic heterocycles. The summed E-state index contributed by atoms with van der Waals surface area (Å²) >= 11 is 0. The molecule has 2 fully saturated rings. The van der Waals surface area contributed by atoms with Crippen LogP contribution in [-0.2, 0) is 9.53 Å². The summed E-state index contributed by atoms with van der Waals surface area (Å²) in [6.45, 7) is 3.94. The van der Waals surface area contributed by atoms with Crippen molar-refractivity contribution in [1.82, 2.24) is 0 Å². The Morgan fingerprint density at radius 2 is 2.27 bits per heavy atom. The van der Waals surface area contributed by atoms with Crippen LogP contribution < -0.4 is 0 Å². The van der Waals surface area contributed by atoms with Crippen molar-refractivity contribution in [3.05, 3.63) is 0 Å². The topological polar surface area (TPSA) is 26.3 Å². The zero-order valence-electron chi connectivity index (χ0n) is 9.46. The Hall–Kier alpha value is -0.600. The number of ether oxygens (including phenoxy) is 1. The van der Waals surface area contributed by atoms with Crippen molar-refractivity contribution in [2.75, 3.05) is 0 Å². The molecule has 1 heterocycles. The van der Waals surface area contributed by atoms with Crippen LogP contribution in [0.15, 0.2) is 0 Å². The smallest absolute Gasteiger partial charge is 0.312 e. The SMILES string of the molecule is CCC1(C)CC2CC(F)CCC2OC1=O. The predicted molar refractivity (Wildman–Crippen MR) is 55.1 cm³/mol. The summed E-state index contributed by atoms with van der Waals surface area (Å²) in [6, 6.07) is 0. The van der Waals surface area contributed by atoms with E-state index >= 15 is 0 Å². The molecule has 1 aliphatic carbocycles. The minimum absolute atomic E-state index is 0.0101. The Morgan fingerprint density at radius 1 is 1.53 bits per heavy atom. The Bertz CT molecular complexity index is 266. The fraction of sp³-hybridized carbons (Fsp3) is 0.917. The van der Waals surface area contributed by atoms with Crippen molar-refractivity contribution in [2.45, 2.75) is 58.2 Å². The fourth-order valence-corrected chi connectivity index (χ4v) is 2.78. The zero-order valence-corrected chi connectivity index (χ0v) is 9.46. The second-order valence-corrected chi connectivity index (χ2v) is 5.23. The van der Waals surface area contributed by atoms with Crippen molar-refractivity contribution >= 4 is 5.97 Å². The van der Waals surface area contributed by atoms with Gasteiger partial charge in [-0.2, -0.15) is 0 Å². The van der Waals surface area contributed by atoms with Gasteiger partial charge in [0, 0.05) is 0 Å². The van der Waals surface area contributed by atoms with E-state index in [2.05, 4.69) is 0 Å². The van der Waals surface area contributed by atoms with Crippen LogP contribution in [0.3, 0.4) is 0 Å². The lowest BCUT2D eigenvalue weighted by molar-refractivity contribution is -0.180. The van der Waals surface area contributed by atoms with Gasteiger partial charge in [0.2, 0.25) is 0 Å². The molecular formula is C12H19FO2. The van der Waals surface area contributed by atoms with E-state index in [-0.39, 0.29) is 23.4 Å². The molecule has 0 spiro atoms. The van der Waals surface area contributed by atoms with Crippen LogP contribution in [-0.4, -0.2) is 18.2 Å². The van der Waals surface area contributed by atoms with Crippen LogP contribution in [0.25, 0.3) is 0 Å². The zero-order chi connectivity index (χ0) is 11.1. The lowest BCUT2D eigenvalue weighted by Gasteiger charge is -2.43. The molecule has 1 saturated carbocycles. The molecule has 0 N–H and O–H groups in total. The van der Waals surface area contributed by atoms with Gasteiger partial charge in [-0.15, -0.1) is 0 Å². The van der Waals surface area contributed by atoms with Crippen LogP contribution in [0.5, 0.6) is 0 Å². The van der Waals surface area contributed by atoms with Gasteiger partial charge in [-0.25, -0.2) is 4.39 Å². The summed E-state index contributed by atoms with van der Waals surface area (Å²) in [6.07, 6.45) is 2.72. The van der Waals surface area contributed by atoms with E-state index in [1.54, 1.807) is 0 Å². The summed E-state index contributed by atoms with van der Waals surface area (Å²) in [7, 11) is 0. The number of carbonyl (C=O) groups excluding carboxylic acids is 1. The number of halogens is 1. The van der Waals surface area contributed by atoms with Crippen LogP contribution in [0, 0.1) is 11.3 Å². The number of rotatable bonds is 1. The fourth-order valence-electron chi connectivity index (χ4n) is 2.78. The third-order valence-electron chi connectivity index (χ3n) is 4.09. The second kappa shape index (κ2) is 3.76. The molecule has 86 valence electrons. The quantitative estimate of drug-likeness (QED) is 0.627. The van der Waals surface area contributed by atoms with E-state index < -0.39 is 6.17 Å². The minimum atomic E-state index is -0.691. The highest BCUT2D eigenvalue weighted by Gasteiger charge is 2.46. The van der Waals surface area contributed by atoms with Crippen molar-refractivity contribution in [3.63, 3.8) is 0 Å². The number of fused-ring (bicyclic) bond motifs is 1. The minimum Gasteiger partial charge on any atom is -0.462 e. The molecule has 1 saturated heterocycles. The second-order valence-electron chi connectivity index (χ2n) is 5.23. The number of carbonyl (C=O) groups is 1. The van der Waals surface area contributed by atoms with E-state index in [1.165, 1.54) is 0 Å². The highest BCUT2D eigenvalue weighted by molar-refractivity contribution is 5.77. The average molecular weight is 214 g/mol. The molecule has 4 unspecified atom stereocenters. The van der Waals surface area contributed by atoms with Crippen LogP contribution in [0.1, 0.15) is 46.0 Å². The summed E-state index contributed by atoms with van der Waals surface area (Å²) in [4.78, 5) is 11.8. The van der Waals surface area contributed by atoms with E-state index in [0.29, 0.717) is 19.3 Å². The summed E-state index contributed by atoms with van der Waals surface area (Å²) in [5.41, 5.74) is -0.377. The van der Waals surface area contributed by atoms with Gasteiger partial charge in [0.15, 0.2) is 0 Å². The van der Waals surface area contributed by atoms with Crippen LogP contribution in [0.2, 0.25) is 0 Å². The lowest BCUT2D eigenvalue weighted by atomic mass is 9.70. The highest BCUT2D eigenvalue weighted by Crippen LogP contribution is 2.44. The third kappa shape index (κ3) is 1.88. The molecule has 0 bridgehead atoms. The maximum atomic E-state index is 13.3. The summed E-state index contributed by atoms with van der Waals surface area (Å²) in [5, 5.41) is 0. The summed E-state index contributed by atoms with van der Waals surface area (Å²) in [5.74, 6) is 0.167. The molecule has 2 aliphatic rings. The van der Waals surface area contributed by atoms with E-state index in [0.717, 1.165) is 12.8 Å². The molecule has 0 aromatic rings. The largest absolute Gasteiger partial charge is 0.462 e. The molecule has 0 radical (unpaired) electrons. The van der Waals surface area contributed by atoms with Gasteiger partial charge < -0.3 is 4.74 Å². The predicted octanol–water partition coefficient (Wildman–Crippen LogP) is 2.86. The monoisotopic (exact) mass is 214 g/mol. The molecule has 0 amide bonds. The molecule has 15 heavy (non-hydrogen) atoms. The van der Waals surface area contributed by atoms with Gasteiger partial charge in [0.05, 0.1) is 5.41 Å². The van der Waals surface area contributed by atoms with Crippen molar-refractivity contribution in [2.24, 2.45) is 11.3 Å². The van der Waals surface area contributed by atoms with Gasteiger partial charge in [0.25, 0.3) is 0 Å². The number of hydrogen-bond acceptors (Lipinski definition) is 2. The van der Waals surface area contributed by atoms with E-state index in [4.69, 9.17) is 4.74 Å². The normalized spacial score (nSPS) is 45.8. The molecule has 2 nitrogen and oxygen atoms in total. The maximum Gasteiger partial charge on any atom is 0.312 e. The average Bonchev–Trinajstić information content (AvgIpc) is 2.20. The first-order valence-corrected chi connectivity index (χ1v) is 5.90. The number of alkyl halides is 1. The number of esters is 1. The molecule has 0 aromatic carbocycles. The maximum absolute atomic E-state index is 13.3. The molecule has 4 atom stereocenters. The van der Waals surface area contributed by atoms with Crippen LogP contribution in [0.4, 0.5) is 4.39 Å².